The third kappa shape index (κ3) is 3.24. The SMILES string of the molecule is CC(C)C[C@H](C(=O)O[C@@H](C)C#N)N1C(=O)c2ccccc2C1=O. The lowest BCUT2D eigenvalue weighted by atomic mass is 10.0. The van der Waals surface area contributed by atoms with Crippen molar-refractivity contribution in [2.45, 2.75) is 39.3 Å². The van der Waals surface area contributed by atoms with Gasteiger partial charge in [0.2, 0.25) is 0 Å². The molecule has 2 amide bonds. The van der Waals surface area contributed by atoms with Gasteiger partial charge >= 0.3 is 5.97 Å². The Morgan fingerprint density at radius 3 is 2.13 bits per heavy atom. The molecule has 0 aromatic heterocycles. The summed E-state index contributed by atoms with van der Waals surface area (Å²) < 4.78 is 5.02. The van der Waals surface area contributed by atoms with Crippen molar-refractivity contribution < 1.29 is 19.1 Å². The van der Waals surface area contributed by atoms with Crippen LogP contribution in [0.3, 0.4) is 0 Å². The zero-order valence-electron chi connectivity index (χ0n) is 13.3. The molecule has 1 aliphatic heterocycles. The molecule has 23 heavy (non-hydrogen) atoms. The van der Waals surface area contributed by atoms with E-state index in [0.29, 0.717) is 0 Å². The van der Waals surface area contributed by atoms with Crippen LogP contribution in [-0.4, -0.2) is 34.8 Å². The first-order valence-electron chi connectivity index (χ1n) is 7.43. The molecule has 0 spiro atoms. The highest BCUT2D eigenvalue weighted by molar-refractivity contribution is 6.22. The second-order valence-corrected chi connectivity index (χ2v) is 5.88. The first-order chi connectivity index (χ1) is 10.9. The van der Waals surface area contributed by atoms with Gasteiger partial charge in [-0.2, -0.15) is 5.26 Å². The predicted octanol–water partition coefficient (Wildman–Crippen LogP) is 2.15. The quantitative estimate of drug-likeness (QED) is 0.614. The van der Waals surface area contributed by atoms with Crippen LogP contribution in [-0.2, 0) is 9.53 Å². The minimum atomic E-state index is -1.03. The summed E-state index contributed by atoms with van der Waals surface area (Å²) in [5.41, 5.74) is 0.569. The fraction of sp³-hybridized carbons (Fsp3) is 0.412. The van der Waals surface area contributed by atoms with E-state index in [0.717, 1.165) is 4.90 Å². The molecule has 1 aromatic rings. The number of esters is 1. The molecule has 0 fully saturated rings. The number of imide groups is 1. The van der Waals surface area contributed by atoms with Crippen molar-refractivity contribution in [1.29, 1.82) is 5.26 Å². The Balaban J connectivity index is 2.34. The number of carbonyl (C=O) groups excluding carboxylic acids is 3. The molecule has 1 aromatic carbocycles. The van der Waals surface area contributed by atoms with Crippen LogP contribution in [0.4, 0.5) is 0 Å². The first kappa shape index (κ1) is 16.7. The highest BCUT2D eigenvalue weighted by Crippen LogP contribution is 2.27. The minimum absolute atomic E-state index is 0.0641. The Morgan fingerprint density at radius 2 is 1.70 bits per heavy atom. The number of ether oxygens (including phenoxy) is 1. The van der Waals surface area contributed by atoms with Crippen molar-refractivity contribution in [2.24, 2.45) is 5.92 Å². The molecule has 120 valence electrons. The van der Waals surface area contributed by atoms with Gasteiger partial charge in [0.1, 0.15) is 12.1 Å². The summed E-state index contributed by atoms with van der Waals surface area (Å²) in [5.74, 6) is -1.67. The third-order valence-corrected chi connectivity index (χ3v) is 3.58. The molecule has 2 rings (SSSR count). The molecule has 0 N–H and O–H groups in total. The van der Waals surface area contributed by atoms with Crippen LogP contribution in [0.25, 0.3) is 0 Å². The highest BCUT2D eigenvalue weighted by Gasteiger charge is 2.43. The molecule has 1 aliphatic rings. The molecule has 0 aliphatic carbocycles. The molecule has 0 saturated carbocycles. The van der Waals surface area contributed by atoms with Crippen molar-refractivity contribution in [3.8, 4) is 6.07 Å². The van der Waals surface area contributed by atoms with Gasteiger partial charge in [0.25, 0.3) is 11.8 Å². The maximum atomic E-state index is 12.5. The fourth-order valence-electron chi connectivity index (χ4n) is 2.52. The zero-order chi connectivity index (χ0) is 17.1. The van der Waals surface area contributed by atoms with E-state index in [1.807, 2.05) is 13.8 Å². The van der Waals surface area contributed by atoms with E-state index in [-0.39, 0.29) is 23.5 Å². The number of nitrogens with zero attached hydrogens (tertiary/aromatic N) is 2. The van der Waals surface area contributed by atoms with Gasteiger partial charge in [-0.1, -0.05) is 26.0 Å². The van der Waals surface area contributed by atoms with Crippen molar-refractivity contribution in [2.75, 3.05) is 0 Å². The van der Waals surface area contributed by atoms with Gasteiger partial charge in [-0.05, 0) is 31.4 Å². The second-order valence-electron chi connectivity index (χ2n) is 5.88. The fourth-order valence-corrected chi connectivity index (χ4v) is 2.52. The minimum Gasteiger partial charge on any atom is -0.446 e. The molecule has 0 radical (unpaired) electrons. The van der Waals surface area contributed by atoms with Crippen LogP contribution in [0.2, 0.25) is 0 Å². The van der Waals surface area contributed by atoms with E-state index in [1.54, 1.807) is 30.3 Å². The first-order valence-corrected chi connectivity index (χ1v) is 7.43. The molecule has 0 saturated heterocycles. The van der Waals surface area contributed by atoms with E-state index >= 15 is 0 Å². The van der Waals surface area contributed by atoms with E-state index in [4.69, 9.17) is 10.00 Å². The number of nitriles is 1. The average Bonchev–Trinajstić information content (AvgIpc) is 2.77. The number of hydrogen-bond donors (Lipinski definition) is 0. The summed E-state index contributed by atoms with van der Waals surface area (Å²) in [6, 6.07) is 7.23. The van der Waals surface area contributed by atoms with Gasteiger partial charge in [-0.15, -0.1) is 0 Å². The number of benzene rings is 1. The van der Waals surface area contributed by atoms with Crippen LogP contribution < -0.4 is 0 Å². The second kappa shape index (κ2) is 6.61. The smallest absolute Gasteiger partial charge is 0.330 e. The molecular weight excluding hydrogens is 296 g/mol. The summed E-state index contributed by atoms with van der Waals surface area (Å²) >= 11 is 0. The van der Waals surface area contributed by atoms with Crippen molar-refractivity contribution >= 4 is 17.8 Å². The van der Waals surface area contributed by atoms with Gasteiger partial charge in [0, 0.05) is 0 Å². The molecule has 6 heteroatoms. The van der Waals surface area contributed by atoms with Gasteiger partial charge in [0.05, 0.1) is 11.1 Å². The van der Waals surface area contributed by atoms with Crippen molar-refractivity contribution in [3.63, 3.8) is 0 Å². The molecular formula is C17H18N2O4. The van der Waals surface area contributed by atoms with Gasteiger partial charge < -0.3 is 4.74 Å². The largest absolute Gasteiger partial charge is 0.446 e. The van der Waals surface area contributed by atoms with Crippen molar-refractivity contribution in [3.05, 3.63) is 35.4 Å². The number of amides is 2. The molecule has 0 bridgehead atoms. The van der Waals surface area contributed by atoms with E-state index in [2.05, 4.69) is 0 Å². The van der Waals surface area contributed by atoms with Crippen LogP contribution in [0.5, 0.6) is 0 Å². The average molecular weight is 314 g/mol. The maximum Gasteiger partial charge on any atom is 0.330 e. The number of carbonyl (C=O) groups is 3. The van der Waals surface area contributed by atoms with E-state index in [1.165, 1.54) is 6.92 Å². The lowest BCUT2D eigenvalue weighted by molar-refractivity contribution is -0.151. The van der Waals surface area contributed by atoms with Crippen molar-refractivity contribution in [1.82, 2.24) is 4.90 Å². The van der Waals surface area contributed by atoms with E-state index in [9.17, 15) is 14.4 Å². The normalized spacial score (nSPS) is 16.0. The molecule has 0 unspecified atom stereocenters. The van der Waals surface area contributed by atoms with Gasteiger partial charge in [-0.3, -0.25) is 14.5 Å². The maximum absolute atomic E-state index is 12.5. The summed E-state index contributed by atoms with van der Waals surface area (Å²) in [4.78, 5) is 38.4. The highest BCUT2D eigenvalue weighted by atomic mass is 16.5. The van der Waals surface area contributed by atoms with Gasteiger partial charge in [-0.25, -0.2) is 4.79 Å². The monoisotopic (exact) mass is 314 g/mol. The Hall–Kier alpha value is -2.68. The topological polar surface area (TPSA) is 87.5 Å². The third-order valence-electron chi connectivity index (χ3n) is 3.58. The summed E-state index contributed by atoms with van der Waals surface area (Å²) in [7, 11) is 0. The Bertz CT molecular complexity index is 655. The van der Waals surface area contributed by atoms with Crippen LogP contribution in [0.1, 0.15) is 47.9 Å². The van der Waals surface area contributed by atoms with Gasteiger partial charge in [0.15, 0.2) is 6.10 Å². The molecule has 1 heterocycles. The standard InChI is InChI=1S/C17H18N2O4/c1-10(2)8-14(17(22)23-11(3)9-18)19-15(20)12-6-4-5-7-13(12)16(19)21/h4-7,10-11,14H,8H2,1-3H3/t11-,14+/m0/s1. The molecule has 6 nitrogen and oxygen atoms in total. The summed E-state index contributed by atoms with van der Waals surface area (Å²) in [6.45, 7) is 5.20. The van der Waals surface area contributed by atoms with Crippen LogP contribution >= 0.6 is 0 Å². The molecule has 2 atom stereocenters. The number of fused-ring (bicyclic) bond motifs is 1. The Labute approximate surface area is 134 Å². The van der Waals surface area contributed by atoms with E-state index < -0.39 is 29.9 Å². The number of hydrogen-bond acceptors (Lipinski definition) is 5. The Kier molecular flexibility index (Phi) is 4.80. The zero-order valence-corrected chi connectivity index (χ0v) is 13.3. The lowest BCUT2D eigenvalue weighted by Crippen LogP contribution is -2.47. The predicted molar refractivity (Wildman–Crippen MR) is 81.4 cm³/mol. The van der Waals surface area contributed by atoms with Crippen LogP contribution in [0.15, 0.2) is 24.3 Å². The lowest BCUT2D eigenvalue weighted by Gasteiger charge is -2.26. The summed E-state index contributed by atoms with van der Waals surface area (Å²) in [5, 5.41) is 8.78. The number of rotatable bonds is 5. The van der Waals surface area contributed by atoms with Crippen LogP contribution in [0, 0.1) is 17.2 Å². The summed E-state index contributed by atoms with van der Waals surface area (Å²) in [6.07, 6.45) is -0.657. The Morgan fingerprint density at radius 1 is 1.17 bits per heavy atom.